The van der Waals surface area contributed by atoms with Gasteiger partial charge in [0.1, 0.15) is 5.75 Å². The zero-order valence-electron chi connectivity index (χ0n) is 19.6. The van der Waals surface area contributed by atoms with Crippen molar-refractivity contribution in [2.24, 2.45) is 0 Å². The van der Waals surface area contributed by atoms with Crippen molar-refractivity contribution in [3.05, 3.63) is 103 Å². The highest BCUT2D eigenvalue weighted by atomic mass is 31.2. The summed E-state index contributed by atoms with van der Waals surface area (Å²) in [6, 6.07) is 35.8. The molecule has 1 aromatic heterocycles. The summed E-state index contributed by atoms with van der Waals surface area (Å²) in [7, 11) is 0.274. The van der Waals surface area contributed by atoms with Crippen LogP contribution in [0.4, 0.5) is 0 Å². The maximum absolute atomic E-state index is 5.92. The topological polar surface area (TPSA) is 12.5 Å². The summed E-state index contributed by atoms with van der Waals surface area (Å²) < 4.78 is 8.72. The molecule has 1 unspecified atom stereocenters. The Hall–Kier alpha value is -2.63. The molecule has 0 aliphatic carbocycles. The molecule has 2 nitrogen and oxygen atoms in total. The first-order valence-corrected chi connectivity index (χ1v) is 14.0. The van der Waals surface area contributed by atoms with Crippen LogP contribution >= 0.6 is 15.8 Å². The van der Waals surface area contributed by atoms with Gasteiger partial charge in [0, 0.05) is 29.7 Å². The van der Waals surface area contributed by atoms with Crippen molar-refractivity contribution in [1.29, 1.82) is 0 Å². The summed E-state index contributed by atoms with van der Waals surface area (Å²) >= 11 is 0. The van der Waals surface area contributed by atoms with Crippen molar-refractivity contribution in [2.75, 3.05) is 11.6 Å². The Labute approximate surface area is 198 Å². The maximum Gasteiger partial charge on any atom is 0.128 e. The van der Waals surface area contributed by atoms with Gasteiger partial charge in [-0.25, -0.2) is 4.44 Å². The number of aryl methyl sites for hydroxylation is 1. The third-order valence-electron chi connectivity index (χ3n) is 6.08. The molecular weight excluding hydrogens is 440 g/mol. The highest BCUT2D eigenvalue weighted by Gasteiger charge is 2.32. The van der Waals surface area contributed by atoms with E-state index in [0.29, 0.717) is 6.04 Å². The van der Waals surface area contributed by atoms with Crippen LogP contribution in [0, 0.1) is 6.92 Å². The Balaban J connectivity index is 1.87. The lowest BCUT2D eigenvalue weighted by Crippen LogP contribution is -2.33. The fraction of sp³-hybridized carbons (Fsp3) is 0.172. The van der Waals surface area contributed by atoms with E-state index in [1.54, 1.807) is 7.11 Å². The van der Waals surface area contributed by atoms with Gasteiger partial charge in [0.15, 0.2) is 0 Å². The molecule has 166 valence electrons. The van der Waals surface area contributed by atoms with Gasteiger partial charge in [0.05, 0.1) is 7.11 Å². The van der Waals surface area contributed by atoms with E-state index in [1.165, 1.54) is 37.2 Å². The van der Waals surface area contributed by atoms with Crippen molar-refractivity contribution in [3.63, 3.8) is 0 Å². The van der Waals surface area contributed by atoms with Crippen molar-refractivity contribution >= 4 is 47.4 Å². The fourth-order valence-corrected chi connectivity index (χ4v) is 11.4. The van der Waals surface area contributed by atoms with Crippen LogP contribution in [-0.2, 0) is 0 Å². The van der Waals surface area contributed by atoms with E-state index in [4.69, 9.17) is 4.74 Å². The Morgan fingerprint density at radius 1 is 0.697 bits per heavy atom. The third kappa shape index (κ3) is 3.87. The molecule has 4 heteroatoms. The van der Waals surface area contributed by atoms with Crippen LogP contribution in [-0.4, -0.2) is 13.2 Å². The molecule has 5 aromatic rings. The number of ether oxygens (including phenoxy) is 1. The molecule has 4 aromatic carbocycles. The standard InChI is InChI=1S/C29H29NOP2/c1-21(2)30(33-27-18-10-6-14-23(27)24-15-7-11-19-28(24)33)32(26-17-9-5-13-22(26)3)29-20-12-8-16-25(29)31-4/h5-21H,1-4H3. The monoisotopic (exact) mass is 469 g/mol. The van der Waals surface area contributed by atoms with Crippen LogP contribution in [0.25, 0.3) is 21.0 Å². The summed E-state index contributed by atoms with van der Waals surface area (Å²) in [4.78, 5) is 0. The predicted molar refractivity (Wildman–Crippen MR) is 148 cm³/mol. The number of nitrogens with zero attached hydrogens (tertiary/aromatic N) is 1. The van der Waals surface area contributed by atoms with Gasteiger partial charge in [0.2, 0.25) is 0 Å². The summed E-state index contributed by atoms with van der Waals surface area (Å²) in [5, 5.41) is 8.35. The van der Waals surface area contributed by atoms with E-state index in [1.807, 2.05) is 0 Å². The molecule has 33 heavy (non-hydrogen) atoms. The molecule has 0 N–H and O–H groups in total. The number of methoxy groups -OCH3 is 1. The van der Waals surface area contributed by atoms with Crippen molar-refractivity contribution in [3.8, 4) is 5.75 Å². The first-order chi connectivity index (χ1) is 16.1. The van der Waals surface area contributed by atoms with Gasteiger partial charge in [0.25, 0.3) is 0 Å². The first-order valence-electron chi connectivity index (χ1n) is 11.4. The van der Waals surface area contributed by atoms with Gasteiger partial charge >= 0.3 is 0 Å². The number of hydrogen-bond donors (Lipinski definition) is 0. The Kier molecular flexibility index (Phi) is 6.26. The lowest BCUT2D eigenvalue weighted by Gasteiger charge is -2.37. The molecular formula is C29H29NOP2. The average Bonchev–Trinajstić information content (AvgIpc) is 3.17. The summed E-state index contributed by atoms with van der Waals surface area (Å²) in [5.74, 6) is 0.966. The van der Waals surface area contributed by atoms with Gasteiger partial charge in [-0.15, -0.1) is 0 Å². The van der Waals surface area contributed by atoms with Crippen LogP contribution in [0.5, 0.6) is 5.75 Å². The lowest BCUT2D eigenvalue weighted by molar-refractivity contribution is 0.418. The second-order valence-corrected chi connectivity index (χ2v) is 12.9. The molecule has 1 atom stereocenters. The molecule has 0 saturated heterocycles. The Bertz CT molecular complexity index is 1370. The van der Waals surface area contributed by atoms with E-state index in [9.17, 15) is 0 Å². The molecule has 0 radical (unpaired) electrons. The van der Waals surface area contributed by atoms with Gasteiger partial charge in [-0.1, -0.05) is 72.8 Å². The summed E-state index contributed by atoms with van der Waals surface area (Å²) in [5.41, 5.74) is 1.33. The Morgan fingerprint density at radius 2 is 1.21 bits per heavy atom. The van der Waals surface area contributed by atoms with Crippen LogP contribution in [0.3, 0.4) is 0 Å². The number of para-hydroxylation sites is 1. The average molecular weight is 470 g/mol. The minimum atomic E-state index is -0.824. The minimum Gasteiger partial charge on any atom is -0.496 e. The number of benzene rings is 4. The molecule has 0 spiro atoms. The van der Waals surface area contributed by atoms with Crippen LogP contribution in [0.2, 0.25) is 0 Å². The molecule has 0 aliphatic rings. The summed E-state index contributed by atoms with van der Waals surface area (Å²) in [6.07, 6.45) is 0. The molecule has 0 fully saturated rings. The zero-order chi connectivity index (χ0) is 22.9. The SMILES string of the molecule is COc1ccccc1P(c1ccccc1C)N(C(C)C)p1c2ccccc2c2ccccc21. The van der Waals surface area contributed by atoms with Crippen molar-refractivity contribution < 1.29 is 4.74 Å². The van der Waals surface area contributed by atoms with Crippen LogP contribution in [0.15, 0.2) is 97.1 Å². The fourth-order valence-electron chi connectivity index (χ4n) is 4.63. The smallest absolute Gasteiger partial charge is 0.128 e. The molecule has 1 heterocycles. The number of fused-ring (bicyclic) bond motifs is 3. The maximum atomic E-state index is 5.92. The van der Waals surface area contributed by atoms with Gasteiger partial charge in [-0.2, -0.15) is 0 Å². The quantitative estimate of drug-likeness (QED) is 0.236. The highest BCUT2D eigenvalue weighted by Crippen LogP contribution is 2.59. The second-order valence-electron chi connectivity index (χ2n) is 8.53. The molecule has 0 saturated carbocycles. The van der Waals surface area contributed by atoms with E-state index in [-0.39, 0.29) is 0 Å². The second kappa shape index (κ2) is 9.32. The van der Waals surface area contributed by atoms with E-state index in [2.05, 4.69) is 122 Å². The lowest BCUT2D eigenvalue weighted by atomic mass is 10.2. The first kappa shape index (κ1) is 22.2. The number of rotatable bonds is 6. The summed E-state index contributed by atoms with van der Waals surface area (Å²) in [6.45, 7) is 6.92. The molecule has 5 rings (SSSR count). The highest BCUT2D eigenvalue weighted by molar-refractivity contribution is 7.85. The van der Waals surface area contributed by atoms with Crippen LogP contribution < -0.4 is 19.8 Å². The Morgan fingerprint density at radius 3 is 1.79 bits per heavy atom. The number of hydrogen-bond acceptors (Lipinski definition) is 2. The van der Waals surface area contributed by atoms with E-state index in [0.717, 1.165) is 5.75 Å². The largest absolute Gasteiger partial charge is 0.496 e. The molecule has 0 bridgehead atoms. The van der Waals surface area contributed by atoms with E-state index < -0.39 is 15.8 Å². The minimum absolute atomic E-state index is 0.353. The molecule has 0 amide bonds. The van der Waals surface area contributed by atoms with Gasteiger partial charge < -0.3 is 4.74 Å². The van der Waals surface area contributed by atoms with Gasteiger partial charge in [-0.05, 0) is 74.4 Å². The predicted octanol–water partition coefficient (Wildman–Crippen LogP) is 7.69. The van der Waals surface area contributed by atoms with Crippen molar-refractivity contribution in [1.82, 2.24) is 0 Å². The zero-order valence-corrected chi connectivity index (χ0v) is 21.4. The van der Waals surface area contributed by atoms with E-state index >= 15 is 0 Å². The van der Waals surface area contributed by atoms with Crippen LogP contribution in [0.1, 0.15) is 19.4 Å². The third-order valence-corrected chi connectivity index (χ3v) is 12.4. The molecule has 0 aliphatic heterocycles. The normalized spacial score (nSPS) is 12.7. The van der Waals surface area contributed by atoms with Gasteiger partial charge in [-0.3, -0.25) is 0 Å². The van der Waals surface area contributed by atoms with Crippen molar-refractivity contribution in [2.45, 2.75) is 26.8 Å².